The van der Waals surface area contributed by atoms with E-state index in [1.807, 2.05) is 23.1 Å². The zero-order valence-electron chi connectivity index (χ0n) is 15.3. The number of fused-ring (bicyclic) bond motifs is 1. The molecule has 0 saturated carbocycles. The van der Waals surface area contributed by atoms with E-state index in [1.54, 1.807) is 0 Å². The van der Waals surface area contributed by atoms with Crippen molar-refractivity contribution in [2.75, 3.05) is 33.0 Å². The molecule has 3 heterocycles. The van der Waals surface area contributed by atoms with Gasteiger partial charge >= 0.3 is 6.03 Å². The Hall–Kier alpha value is -2.77. The quantitative estimate of drug-likeness (QED) is 0.800. The summed E-state index contributed by atoms with van der Waals surface area (Å²) in [6.07, 6.45) is 2.77. The maximum atomic E-state index is 12.7. The topological polar surface area (TPSA) is 88.2 Å². The van der Waals surface area contributed by atoms with Crippen LogP contribution in [0.5, 0.6) is 11.5 Å². The van der Waals surface area contributed by atoms with Crippen molar-refractivity contribution in [2.45, 2.75) is 26.2 Å². The van der Waals surface area contributed by atoms with Gasteiger partial charge in [0.25, 0.3) is 0 Å². The fourth-order valence-electron chi connectivity index (χ4n) is 4.09. The number of hydrogen-bond acceptors (Lipinski definition) is 5. The molecular formula is C19H23N3O5. The van der Waals surface area contributed by atoms with Crippen LogP contribution >= 0.6 is 0 Å². The van der Waals surface area contributed by atoms with Crippen LogP contribution in [0.4, 0.5) is 4.79 Å². The number of carbonyl (C=O) groups excluding carboxylic acids is 3. The molecule has 1 N–H and O–H groups in total. The lowest BCUT2D eigenvalue weighted by Crippen LogP contribution is -2.49. The molecule has 0 radical (unpaired) electrons. The van der Waals surface area contributed by atoms with Crippen LogP contribution in [0.25, 0.3) is 0 Å². The Kier molecular flexibility index (Phi) is 4.41. The van der Waals surface area contributed by atoms with Crippen LogP contribution in [0.3, 0.4) is 0 Å². The van der Waals surface area contributed by atoms with Crippen LogP contribution in [0.2, 0.25) is 0 Å². The molecule has 3 aliphatic heterocycles. The monoisotopic (exact) mass is 373 g/mol. The summed E-state index contributed by atoms with van der Waals surface area (Å²) in [5.41, 5.74) is 1.10. The zero-order chi connectivity index (χ0) is 19.0. The maximum Gasteiger partial charge on any atom is 0.325 e. The first-order chi connectivity index (χ1) is 12.9. The summed E-state index contributed by atoms with van der Waals surface area (Å²) in [5.74, 6) is 1.06. The van der Waals surface area contributed by atoms with Crippen molar-refractivity contribution in [3.63, 3.8) is 0 Å². The van der Waals surface area contributed by atoms with Crippen molar-refractivity contribution in [2.24, 2.45) is 5.41 Å². The molecule has 27 heavy (non-hydrogen) atoms. The van der Waals surface area contributed by atoms with E-state index in [4.69, 9.17) is 9.47 Å². The molecule has 1 aromatic rings. The molecular weight excluding hydrogens is 350 g/mol. The summed E-state index contributed by atoms with van der Waals surface area (Å²) in [4.78, 5) is 38.7. The number of nitrogens with zero attached hydrogens (tertiary/aromatic N) is 2. The first kappa shape index (κ1) is 17.6. The maximum absolute atomic E-state index is 12.7. The number of ether oxygens (including phenoxy) is 2. The predicted octanol–water partition coefficient (Wildman–Crippen LogP) is 1.14. The smallest absolute Gasteiger partial charge is 0.325 e. The van der Waals surface area contributed by atoms with E-state index < -0.39 is 6.03 Å². The minimum Gasteiger partial charge on any atom is -0.454 e. The second-order valence-corrected chi connectivity index (χ2v) is 7.80. The SMILES string of the molecule is CC1(Cc2ccc3c(c2)OCO3)CCCN(C(=O)CN2CC(=O)NC2=O)C1. The van der Waals surface area contributed by atoms with E-state index in [1.165, 1.54) is 4.90 Å². The Morgan fingerprint density at radius 3 is 2.85 bits per heavy atom. The van der Waals surface area contributed by atoms with Crippen molar-refractivity contribution >= 4 is 17.8 Å². The van der Waals surface area contributed by atoms with E-state index in [0.29, 0.717) is 13.1 Å². The number of piperidine rings is 1. The first-order valence-corrected chi connectivity index (χ1v) is 9.17. The molecule has 0 spiro atoms. The molecule has 2 saturated heterocycles. The van der Waals surface area contributed by atoms with Crippen LogP contribution < -0.4 is 14.8 Å². The number of hydrogen-bond donors (Lipinski definition) is 1. The zero-order valence-corrected chi connectivity index (χ0v) is 15.3. The number of urea groups is 1. The Morgan fingerprint density at radius 1 is 1.26 bits per heavy atom. The van der Waals surface area contributed by atoms with Gasteiger partial charge in [-0.1, -0.05) is 13.0 Å². The van der Waals surface area contributed by atoms with Gasteiger partial charge in [0.15, 0.2) is 11.5 Å². The standard InChI is InChI=1S/C19H23N3O5/c1-19(8-13-3-4-14-15(7-13)27-12-26-14)5-2-6-21(11-19)17(24)10-22-9-16(23)20-18(22)25/h3-4,7H,2,5-6,8-12H2,1H3,(H,20,23,25). The van der Waals surface area contributed by atoms with Gasteiger partial charge in [0.05, 0.1) is 0 Å². The van der Waals surface area contributed by atoms with E-state index in [0.717, 1.165) is 36.3 Å². The van der Waals surface area contributed by atoms with E-state index in [2.05, 4.69) is 12.2 Å². The summed E-state index contributed by atoms with van der Waals surface area (Å²) < 4.78 is 10.8. The molecule has 1 unspecified atom stereocenters. The average Bonchev–Trinajstić information content (AvgIpc) is 3.20. The highest BCUT2D eigenvalue weighted by Gasteiger charge is 2.36. The van der Waals surface area contributed by atoms with Crippen LogP contribution in [-0.2, 0) is 16.0 Å². The second kappa shape index (κ2) is 6.75. The van der Waals surface area contributed by atoms with Gasteiger partial charge in [-0.3, -0.25) is 14.9 Å². The lowest BCUT2D eigenvalue weighted by Gasteiger charge is -2.41. The highest BCUT2D eigenvalue weighted by atomic mass is 16.7. The Labute approximate surface area is 157 Å². The first-order valence-electron chi connectivity index (χ1n) is 9.17. The number of nitrogens with one attached hydrogen (secondary N) is 1. The number of likely N-dealkylation sites (tertiary alicyclic amines) is 1. The second-order valence-electron chi connectivity index (χ2n) is 7.80. The molecule has 8 heteroatoms. The molecule has 0 bridgehead atoms. The fraction of sp³-hybridized carbons (Fsp3) is 0.526. The molecule has 144 valence electrons. The minimum absolute atomic E-state index is 0.0487. The minimum atomic E-state index is -0.492. The van der Waals surface area contributed by atoms with Gasteiger partial charge in [-0.25, -0.2) is 4.79 Å². The number of benzene rings is 1. The van der Waals surface area contributed by atoms with Gasteiger partial charge in [0.1, 0.15) is 13.1 Å². The van der Waals surface area contributed by atoms with E-state index >= 15 is 0 Å². The predicted molar refractivity (Wildman–Crippen MR) is 95.3 cm³/mol. The summed E-state index contributed by atoms with van der Waals surface area (Å²) in [7, 11) is 0. The lowest BCUT2D eigenvalue weighted by molar-refractivity contribution is -0.135. The van der Waals surface area contributed by atoms with E-state index in [9.17, 15) is 14.4 Å². The number of amides is 4. The van der Waals surface area contributed by atoms with Crippen LogP contribution in [0.1, 0.15) is 25.3 Å². The average molecular weight is 373 g/mol. The molecule has 2 fully saturated rings. The molecule has 0 aliphatic carbocycles. The third-order valence-electron chi connectivity index (χ3n) is 5.40. The van der Waals surface area contributed by atoms with Gasteiger partial charge in [0, 0.05) is 13.1 Å². The van der Waals surface area contributed by atoms with Crippen LogP contribution in [-0.4, -0.2) is 60.6 Å². The molecule has 0 aromatic heterocycles. The van der Waals surface area contributed by atoms with Crippen molar-refractivity contribution < 1.29 is 23.9 Å². The molecule has 1 atom stereocenters. The summed E-state index contributed by atoms with van der Waals surface area (Å²) in [5, 5.41) is 2.20. The largest absolute Gasteiger partial charge is 0.454 e. The van der Waals surface area contributed by atoms with Crippen molar-refractivity contribution in [3.05, 3.63) is 23.8 Å². The number of imide groups is 1. The highest BCUT2D eigenvalue weighted by Crippen LogP contribution is 2.37. The van der Waals surface area contributed by atoms with Crippen molar-refractivity contribution in [1.82, 2.24) is 15.1 Å². The van der Waals surface area contributed by atoms with Gasteiger partial charge in [-0.2, -0.15) is 0 Å². The van der Waals surface area contributed by atoms with Crippen molar-refractivity contribution in [3.8, 4) is 11.5 Å². The molecule has 8 nitrogen and oxygen atoms in total. The Bertz CT molecular complexity index is 796. The third-order valence-corrected chi connectivity index (χ3v) is 5.40. The van der Waals surface area contributed by atoms with Crippen LogP contribution in [0, 0.1) is 5.41 Å². The van der Waals surface area contributed by atoms with Crippen molar-refractivity contribution in [1.29, 1.82) is 0 Å². The molecule has 4 amide bonds. The van der Waals surface area contributed by atoms with Gasteiger partial charge in [-0.05, 0) is 42.4 Å². The third kappa shape index (κ3) is 3.70. The molecule has 4 rings (SSSR count). The lowest BCUT2D eigenvalue weighted by atomic mass is 9.77. The number of rotatable bonds is 4. The summed E-state index contributed by atoms with van der Waals surface area (Å²) in [6, 6.07) is 5.48. The molecule has 1 aromatic carbocycles. The summed E-state index contributed by atoms with van der Waals surface area (Å²) >= 11 is 0. The van der Waals surface area contributed by atoms with Gasteiger partial charge in [-0.15, -0.1) is 0 Å². The molecule has 3 aliphatic rings. The van der Waals surface area contributed by atoms with Crippen LogP contribution in [0.15, 0.2) is 18.2 Å². The Balaban J connectivity index is 1.40. The number of carbonyl (C=O) groups is 3. The van der Waals surface area contributed by atoms with Gasteiger partial charge < -0.3 is 19.3 Å². The fourth-order valence-corrected chi connectivity index (χ4v) is 4.09. The summed E-state index contributed by atoms with van der Waals surface area (Å²) in [6.45, 7) is 3.64. The highest BCUT2D eigenvalue weighted by molar-refractivity contribution is 6.03. The van der Waals surface area contributed by atoms with E-state index in [-0.39, 0.29) is 37.1 Å². The normalized spacial score (nSPS) is 24.3. The van der Waals surface area contributed by atoms with Gasteiger partial charge in [0.2, 0.25) is 18.6 Å². The Morgan fingerprint density at radius 2 is 2.07 bits per heavy atom.